The normalized spacial score (nSPS) is 11.3. The third-order valence-corrected chi connectivity index (χ3v) is 3.31. The zero-order valence-corrected chi connectivity index (χ0v) is 10.8. The van der Waals surface area contributed by atoms with E-state index in [2.05, 4.69) is 28.9 Å². The molecule has 0 N–H and O–H groups in total. The molecule has 0 fully saturated rings. The van der Waals surface area contributed by atoms with E-state index in [0.29, 0.717) is 5.65 Å². The van der Waals surface area contributed by atoms with Gasteiger partial charge in [-0.25, -0.2) is 9.97 Å². The Kier molecular flexibility index (Phi) is 2.44. The fraction of sp³-hybridized carbons (Fsp3) is 0.286. The van der Waals surface area contributed by atoms with Crippen LogP contribution in [0.1, 0.15) is 18.2 Å². The summed E-state index contributed by atoms with van der Waals surface area (Å²) in [6, 6.07) is 7.90. The lowest BCUT2D eigenvalue weighted by Gasteiger charge is -2.04. The molecule has 3 rings (SSSR count). The molecule has 0 spiro atoms. The first-order valence-corrected chi connectivity index (χ1v) is 6.13. The predicted octanol–water partition coefficient (Wildman–Crippen LogP) is 1.87. The lowest BCUT2D eigenvalue weighted by molar-refractivity contribution is -0.735. The molecule has 0 bridgehead atoms. The summed E-state index contributed by atoms with van der Waals surface area (Å²) < 4.78 is 1.90. The highest BCUT2D eigenvalue weighted by Crippen LogP contribution is 2.17. The molecule has 0 amide bonds. The second-order valence-corrected chi connectivity index (χ2v) is 4.43. The van der Waals surface area contributed by atoms with Crippen molar-refractivity contribution in [1.29, 1.82) is 0 Å². The highest BCUT2D eigenvalue weighted by Gasteiger charge is 2.17. The van der Waals surface area contributed by atoms with E-state index < -0.39 is 0 Å². The summed E-state index contributed by atoms with van der Waals surface area (Å²) in [6.07, 6.45) is 0.944. The zero-order valence-electron chi connectivity index (χ0n) is 10.8. The average Bonchev–Trinajstić information content (AvgIpc) is 2.37. The summed E-state index contributed by atoms with van der Waals surface area (Å²) in [5, 5.41) is 4.50. The van der Waals surface area contributed by atoms with Crippen LogP contribution in [0.15, 0.2) is 24.3 Å². The second-order valence-electron chi connectivity index (χ2n) is 4.43. The van der Waals surface area contributed by atoms with Crippen molar-refractivity contribution in [3.63, 3.8) is 0 Å². The van der Waals surface area contributed by atoms with Crippen LogP contribution in [0.3, 0.4) is 0 Å². The molecule has 0 saturated heterocycles. The Bertz CT molecular complexity index is 749. The van der Waals surface area contributed by atoms with Crippen molar-refractivity contribution in [2.75, 3.05) is 0 Å². The standard InChI is InChI=1S/C14H15N4/c1-4-12-9(2)13-14(17-18(12)3)16-11-8-6-5-7-10(11)15-13/h5-8H,4H2,1-3H3/q+1. The maximum atomic E-state index is 4.69. The van der Waals surface area contributed by atoms with E-state index in [1.54, 1.807) is 0 Å². The Morgan fingerprint density at radius 2 is 1.78 bits per heavy atom. The van der Waals surface area contributed by atoms with Gasteiger partial charge < -0.3 is 0 Å². The Balaban J connectivity index is 2.47. The topological polar surface area (TPSA) is 42.6 Å². The molecule has 3 aromatic rings. The van der Waals surface area contributed by atoms with Gasteiger partial charge in [-0.1, -0.05) is 23.7 Å². The van der Waals surface area contributed by atoms with Crippen LogP contribution in [0.25, 0.3) is 22.2 Å². The van der Waals surface area contributed by atoms with Gasteiger partial charge in [-0.2, -0.15) is 0 Å². The van der Waals surface area contributed by atoms with E-state index in [9.17, 15) is 0 Å². The van der Waals surface area contributed by atoms with E-state index in [1.807, 2.05) is 36.0 Å². The average molecular weight is 239 g/mol. The summed E-state index contributed by atoms with van der Waals surface area (Å²) in [5.41, 5.74) is 5.80. The third kappa shape index (κ3) is 1.53. The van der Waals surface area contributed by atoms with Gasteiger partial charge in [0.25, 0.3) is 0 Å². The molecule has 0 saturated carbocycles. The largest absolute Gasteiger partial charge is 0.246 e. The van der Waals surface area contributed by atoms with Gasteiger partial charge in [0.15, 0.2) is 7.05 Å². The number of aromatic nitrogens is 4. The van der Waals surface area contributed by atoms with Gasteiger partial charge in [0.05, 0.1) is 11.0 Å². The third-order valence-electron chi connectivity index (χ3n) is 3.31. The Labute approximate surface area is 105 Å². The van der Waals surface area contributed by atoms with Gasteiger partial charge in [0.2, 0.25) is 11.3 Å². The van der Waals surface area contributed by atoms with Crippen molar-refractivity contribution in [1.82, 2.24) is 15.1 Å². The smallest absolute Gasteiger partial charge is 0.242 e. The van der Waals surface area contributed by atoms with Gasteiger partial charge in [-0.15, -0.1) is 0 Å². The van der Waals surface area contributed by atoms with Crippen LogP contribution in [-0.2, 0) is 13.5 Å². The van der Waals surface area contributed by atoms with Crippen LogP contribution in [0, 0.1) is 6.92 Å². The second kappa shape index (κ2) is 3.98. The SMILES string of the molecule is CCc1c(C)c2nc3ccccc3nc2n[n+]1C. The fourth-order valence-corrected chi connectivity index (χ4v) is 2.39. The molecule has 4 nitrogen and oxygen atoms in total. The maximum Gasteiger partial charge on any atom is 0.246 e. The van der Waals surface area contributed by atoms with Crippen molar-refractivity contribution in [3.05, 3.63) is 35.5 Å². The first-order chi connectivity index (χ1) is 8.70. The number of para-hydroxylation sites is 2. The zero-order chi connectivity index (χ0) is 12.7. The first kappa shape index (κ1) is 11.0. The van der Waals surface area contributed by atoms with Gasteiger partial charge in [0.1, 0.15) is 5.52 Å². The Hall–Kier alpha value is -2.10. The molecule has 18 heavy (non-hydrogen) atoms. The van der Waals surface area contributed by atoms with Crippen molar-refractivity contribution in [3.8, 4) is 0 Å². The monoisotopic (exact) mass is 239 g/mol. The Morgan fingerprint density at radius 1 is 1.11 bits per heavy atom. The molecule has 0 aliphatic carbocycles. The molecular formula is C14H15N4+. The number of benzene rings is 1. The molecule has 0 unspecified atom stereocenters. The molecule has 2 aromatic heterocycles. The molecule has 0 aliphatic heterocycles. The van der Waals surface area contributed by atoms with Gasteiger partial charge in [-0.05, 0) is 19.1 Å². The van der Waals surface area contributed by atoms with E-state index in [0.717, 1.165) is 23.0 Å². The highest BCUT2D eigenvalue weighted by molar-refractivity contribution is 5.85. The van der Waals surface area contributed by atoms with Crippen molar-refractivity contribution in [2.45, 2.75) is 20.3 Å². The van der Waals surface area contributed by atoms with Crippen LogP contribution >= 0.6 is 0 Å². The molecule has 1 aromatic carbocycles. The van der Waals surface area contributed by atoms with Gasteiger partial charge in [-0.3, -0.25) is 0 Å². The number of hydrogen-bond donors (Lipinski definition) is 0. The van der Waals surface area contributed by atoms with Crippen molar-refractivity contribution in [2.24, 2.45) is 7.05 Å². The number of rotatable bonds is 1. The predicted molar refractivity (Wildman–Crippen MR) is 70.1 cm³/mol. The van der Waals surface area contributed by atoms with Gasteiger partial charge in [0, 0.05) is 17.1 Å². The van der Waals surface area contributed by atoms with Crippen LogP contribution in [-0.4, -0.2) is 15.1 Å². The minimum absolute atomic E-state index is 0.714. The molecule has 90 valence electrons. The number of fused-ring (bicyclic) bond motifs is 2. The van der Waals surface area contributed by atoms with E-state index in [-0.39, 0.29) is 0 Å². The summed E-state index contributed by atoms with van der Waals surface area (Å²) in [7, 11) is 1.96. The number of nitrogens with zero attached hydrogens (tertiary/aromatic N) is 4. The highest BCUT2D eigenvalue weighted by atomic mass is 15.3. The Morgan fingerprint density at radius 3 is 2.44 bits per heavy atom. The van der Waals surface area contributed by atoms with E-state index in [4.69, 9.17) is 0 Å². The van der Waals surface area contributed by atoms with Crippen LogP contribution in [0.4, 0.5) is 0 Å². The van der Waals surface area contributed by atoms with Crippen molar-refractivity contribution < 1.29 is 4.68 Å². The molecule has 0 radical (unpaired) electrons. The number of hydrogen-bond acceptors (Lipinski definition) is 3. The van der Waals surface area contributed by atoms with Gasteiger partial charge >= 0.3 is 0 Å². The van der Waals surface area contributed by atoms with E-state index in [1.165, 1.54) is 11.3 Å². The van der Waals surface area contributed by atoms with Crippen molar-refractivity contribution >= 4 is 22.2 Å². The maximum absolute atomic E-state index is 4.69. The molecule has 0 atom stereocenters. The minimum atomic E-state index is 0.714. The summed E-state index contributed by atoms with van der Waals surface area (Å²) >= 11 is 0. The summed E-state index contributed by atoms with van der Waals surface area (Å²) in [4.78, 5) is 9.27. The molecule has 4 heteroatoms. The van der Waals surface area contributed by atoms with Crippen LogP contribution in [0.5, 0.6) is 0 Å². The van der Waals surface area contributed by atoms with E-state index >= 15 is 0 Å². The molecular weight excluding hydrogens is 224 g/mol. The lowest BCUT2D eigenvalue weighted by atomic mass is 10.1. The molecule has 0 aliphatic rings. The lowest BCUT2D eigenvalue weighted by Crippen LogP contribution is -2.39. The quantitative estimate of drug-likeness (QED) is 0.481. The summed E-state index contributed by atoms with van der Waals surface area (Å²) in [5.74, 6) is 0. The van der Waals surface area contributed by atoms with Crippen LogP contribution < -0.4 is 4.68 Å². The van der Waals surface area contributed by atoms with Crippen LogP contribution in [0.2, 0.25) is 0 Å². The molecule has 2 heterocycles. The fourth-order valence-electron chi connectivity index (χ4n) is 2.39. The minimum Gasteiger partial charge on any atom is -0.242 e. The first-order valence-electron chi connectivity index (χ1n) is 6.13. The number of aryl methyl sites for hydroxylation is 2. The summed E-state index contributed by atoms with van der Waals surface area (Å²) in [6.45, 7) is 4.22.